The van der Waals surface area contributed by atoms with E-state index < -0.39 is 20.4 Å². The van der Waals surface area contributed by atoms with Gasteiger partial charge in [-0.3, -0.25) is 4.79 Å². The molecule has 0 saturated carbocycles. The first-order valence-electron chi connectivity index (χ1n) is 8.13. The maximum absolute atomic E-state index is 12.9. The fourth-order valence-electron chi connectivity index (χ4n) is 2.43. The van der Waals surface area contributed by atoms with Crippen LogP contribution in [0.4, 0.5) is 0 Å². The summed E-state index contributed by atoms with van der Waals surface area (Å²) in [4.78, 5) is 12.9. The molecule has 0 fully saturated rings. The van der Waals surface area contributed by atoms with Crippen molar-refractivity contribution in [2.75, 3.05) is 0 Å². The van der Waals surface area contributed by atoms with Gasteiger partial charge in [-0.15, -0.1) is 10.2 Å². The zero-order chi connectivity index (χ0) is 19.7. The number of nitrogens with zero attached hydrogens (tertiary/aromatic N) is 2. The highest BCUT2D eigenvalue weighted by molar-refractivity contribution is 7.93. The minimum Gasteiger partial charge on any atom is -0.297 e. The number of halogens is 1. The minimum absolute atomic E-state index is 0.0625. The lowest BCUT2D eigenvalue weighted by atomic mass is 10.1. The summed E-state index contributed by atoms with van der Waals surface area (Å²) in [7, 11) is -3.87. The number of ketones is 1. The molecule has 0 N–H and O–H groups in total. The van der Waals surface area contributed by atoms with Crippen LogP contribution in [0, 0.1) is 0 Å². The van der Waals surface area contributed by atoms with Crippen LogP contribution in [0.3, 0.4) is 0 Å². The SMILES string of the molecule is CC(C)(C(=O)Cc1nnc(-c2ccccc2)s1)S(=O)(=O)c1ccc(Cl)cc1. The van der Waals surface area contributed by atoms with Crippen molar-refractivity contribution in [3.63, 3.8) is 0 Å². The van der Waals surface area contributed by atoms with Gasteiger partial charge in [-0.2, -0.15) is 0 Å². The Morgan fingerprint density at radius 1 is 1.04 bits per heavy atom. The Kier molecular flexibility index (Phi) is 5.46. The van der Waals surface area contributed by atoms with Crippen molar-refractivity contribution in [3.8, 4) is 10.6 Å². The van der Waals surface area contributed by atoms with Gasteiger partial charge in [0.1, 0.15) is 14.8 Å². The van der Waals surface area contributed by atoms with E-state index in [1.54, 1.807) is 0 Å². The maximum Gasteiger partial charge on any atom is 0.190 e. The Morgan fingerprint density at radius 3 is 2.30 bits per heavy atom. The Morgan fingerprint density at radius 2 is 1.67 bits per heavy atom. The average Bonchev–Trinajstić information content (AvgIpc) is 3.11. The Bertz CT molecular complexity index is 1060. The lowest BCUT2D eigenvalue weighted by Crippen LogP contribution is -2.41. The van der Waals surface area contributed by atoms with E-state index >= 15 is 0 Å². The molecule has 1 aromatic heterocycles. The summed E-state index contributed by atoms with van der Waals surface area (Å²) in [5, 5.41) is 9.76. The second kappa shape index (κ2) is 7.50. The number of carbonyl (C=O) groups excluding carboxylic acids is 1. The Hall–Kier alpha value is -2.09. The van der Waals surface area contributed by atoms with Gasteiger partial charge in [0.25, 0.3) is 0 Å². The average molecular weight is 421 g/mol. The van der Waals surface area contributed by atoms with Gasteiger partial charge in [0, 0.05) is 10.6 Å². The molecule has 0 atom stereocenters. The summed E-state index contributed by atoms with van der Waals surface area (Å²) in [6.07, 6.45) is -0.0929. The van der Waals surface area contributed by atoms with Gasteiger partial charge in [-0.25, -0.2) is 8.42 Å². The number of sulfone groups is 1. The fourth-order valence-corrected chi connectivity index (χ4v) is 4.86. The van der Waals surface area contributed by atoms with Gasteiger partial charge >= 0.3 is 0 Å². The first-order chi connectivity index (χ1) is 12.7. The Balaban J connectivity index is 1.82. The topological polar surface area (TPSA) is 77.0 Å². The molecule has 0 bridgehead atoms. The molecule has 1 heterocycles. The van der Waals surface area contributed by atoms with E-state index in [0.717, 1.165) is 5.56 Å². The summed E-state index contributed by atoms with van der Waals surface area (Å²) >= 11 is 7.11. The monoisotopic (exact) mass is 420 g/mol. The molecule has 2 aromatic carbocycles. The van der Waals surface area contributed by atoms with Gasteiger partial charge in [-0.05, 0) is 38.1 Å². The van der Waals surface area contributed by atoms with E-state index in [1.807, 2.05) is 30.3 Å². The summed E-state index contributed by atoms with van der Waals surface area (Å²) in [5.74, 6) is -0.437. The van der Waals surface area contributed by atoms with E-state index in [9.17, 15) is 13.2 Å². The minimum atomic E-state index is -3.87. The van der Waals surface area contributed by atoms with E-state index in [1.165, 1.54) is 49.4 Å². The van der Waals surface area contributed by atoms with E-state index in [4.69, 9.17) is 11.6 Å². The molecule has 5 nitrogen and oxygen atoms in total. The molecular formula is C19H17ClN2O3S2. The van der Waals surface area contributed by atoms with Gasteiger partial charge in [0.2, 0.25) is 0 Å². The van der Waals surface area contributed by atoms with Crippen molar-refractivity contribution in [1.29, 1.82) is 0 Å². The van der Waals surface area contributed by atoms with Gasteiger partial charge in [0.15, 0.2) is 15.6 Å². The van der Waals surface area contributed by atoms with Gasteiger partial charge in [0.05, 0.1) is 11.3 Å². The second-order valence-electron chi connectivity index (χ2n) is 6.43. The van der Waals surface area contributed by atoms with Crippen LogP contribution in [0.1, 0.15) is 18.9 Å². The Labute approximate surface area is 167 Å². The lowest BCUT2D eigenvalue weighted by molar-refractivity contribution is -0.120. The van der Waals surface area contributed by atoms with Crippen molar-refractivity contribution in [3.05, 3.63) is 64.6 Å². The number of hydrogen-bond donors (Lipinski definition) is 0. The van der Waals surface area contributed by atoms with Crippen LogP contribution in [-0.4, -0.2) is 29.1 Å². The molecule has 8 heteroatoms. The van der Waals surface area contributed by atoms with Crippen LogP contribution in [0.25, 0.3) is 10.6 Å². The molecule has 0 amide bonds. The van der Waals surface area contributed by atoms with E-state index in [0.29, 0.717) is 15.0 Å². The molecule has 27 heavy (non-hydrogen) atoms. The molecule has 3 rings (SSSR count). The van der Waals surface area contributed by atoms with Crippen LogP contribution in [0.15, 0.2) is 59.5 Å². The number of hydrogen-bond acceptors (Lipinski definition) is 6. The third-order valence-corrected chi connectivity index (χ3v) is 7.96. The van der Waals surface area contributed by atoms with Crippen molar-refractivity contribution >= 4 is 38.6 Å². The number of carbonyl (C=O) groups is 1. The molecule has 3 aromatic rings. The van der Waals surface area contributed by atoms with Crippen molar-refractivity contribution < 1.29 is 13.2 Å². The number of aromatic nitrogens is 2. The molecule has 140 valence electrons. The van der Waals surface area contributed by atoms with E-state index in [2.05, 4.69) is 10.2 Å². The highest BCUT2D eigenvalue weighted by atomic mass is 35.5. The van der Waals surface area contributed by atoms with Crippen LogP contribution in [-0.2, 0) is 21.1 Å². The quantitative estimate of drug-likeness (QED) is 0.596. The number of benzene rings is 2. The van der Waals surface area contributed by atoms with Crippen molar-refractivity contribution in [2.45, 2.75) is 29.9 Å². The smallest absolute Gasteiger partial charge is 0.190 e. The predicted molar refractivity (Wildman–Crippen MR) is 107 cm³/mol. The highest BCUT2D eigenvalue weighted by Crippen LogP contribution is 2.30. The first-order valence-corrected chi connectivity index (χ1v) is 10.8. The van der Waals surface area contributed by atoms with Gasteiger partial charge in [-0.1, -0.05) is 53.3 Å². The number of rotatable bonds is 6. The molecular weight excluding hydrogens is 404 g/mol. The second-order valence-corrected chi connectivity index (χ2v) is 10.4. The predicted octanol–water partition coefficient (Wildman–Crippen LogP) is 4.22. The molecule has 0 aliphatic carbocycles. The zero-order valence-electron chi connectivity index (χ0n) is 14.7. The lowest BCUT2D eigenvalue weighted by Gasteiger charge is -2.23. The maximum atomic E-state index is 12.9. The summed E-state index contributed by atoms with van der Waals surface area (Å²) < 4.78 is 24.3. The standard InChI is InChI=1S/C19H17ClN2O3S2/c1-19(2,27(24,25)15-10-8-14(20)9-11-15)16(23)12-17-21-22-18(26-17)13-6-4-3-5-7-13/h3-11H,12H2,1-2H3. The third kappa shape index (κ3) is 3.95. The van der Waals surface area contributed by atoms with Crippen molar-refractivity contribution in [1.82, 2.24) is 10.2 Å². The molecule has 0 aliphatic heterocycles. The fraction of sp³-hybridized carbons (Fsp3) is 0.211. The van der Waals surface area contributed by atoms with E-state index in [-0.39, 0.29) is 11.3 Å². The zero-order valence-corrected chi connectivity index (χ0v) is 17.1. The molecule has 0 unspecified atom stereocenters. The van der Waals surface area contributed by atoms with Crippen molar-refractivity contribution in [2.24, 2.45) is 0 Å². The molecule has 0 aliphatic rings. The molecule has 0 saturated heterocycles. The van der Waals surface area contributed by atoms with Crippen LogP contribution >= 0.6 is 22.9 Å². The molecule has 0 radical (unpaired) electrons. The summed E-state index contributed by atoms with van der Waals surface area (Å²) in [6, 6.07) is 15.3. The third-order valence-electron chi connectivity index (χ3n) is 4.27. The van der Waals surface area contributed by atoms with Crippen LogP contribution in [0.2, 0.25) is 5.02 Å². The summed E-state index contributed by atoms with van der Waals surface area (Å²) in [5.41, 5.74) is 0.904. The summed E-state index contributed by atoms with van der Waals surface area (Å²) in [6.45, 7) is 2.83. The first kappa shape index (κ1) is 19.7. The van der Waals surface area contributed by atoms with Crippen LogP contribution < -0.4 is 0 Å². The highest BCUT2D eigenvalue weighted by Gasteiger charge is 2.42. The largest absolute Gasteiger partial charge is 0.297 e. The van der Waals surface area contributed by atoms with Crippen LogP contribution in [0.5, 0.6) is 0 Å². The number of Topliss-reactive ketones (excluding diaryl/α,β-unsaturated/α-hetero) is 1. The normalized spacial score (nSPS) is 12.1. The van der Waals surface area contributed by atoms with Gasteiger partial charge < -0.3 is 0 Å². The molecule has 0 spiro atoms.